The van der Waals surface area contributed by atoms with Gasteiger partial charge in [0.2, 0.25) is 11.8 Å². The quantitative estimate of drug-likeness (QED) is 0.802. The van der Waals surface area contributed by atoms with Crippen LogP contribution in [-0.2, 0) is 16.0 Å². The van der Waals surface area contributed by atoms with Crippen molar-refractivity contribution in [1.82, 2.24) is 10.2 Å². The number of halogens is 1. The first-order valence-corrected chi connectivity index (χ1v) is 7.67. The summed E-state index contributed by atoms with van der Waals surface area (Å²) in [7, 11) is 0. The third kappa shape index (κ3) is 7.14. The minimum atomic E-state index is -0.0219. The Balaban J connectivity index is 2.24. The molecule has 0 aliphatic heterocycles. The zero-order valence-corrected chi connectivity index (χ0v) is 13.4. The average Bonchev–Trinajstić information content (AvgIpc) is 2.45. The summed E-state index contributed by atoms with van der Waals surface area (Å²) in [5.74, 6) is -0.00266. The summed E-state index contributed by atoms with van der Waals surface area (Å²) in [5, 5.41) is 3.58. The van der Waals surface area contributed by atoms with Gasteiger partial charge in [-0.3, -0.25) is 9.59 Å². The SMILES string of the molecule is CCCN(CCC(=O)NCCc1ccc(Cl)cc1)C(C)=O. The Morgan fingerprint density at radius 2 is 1.86 bits per heavy atom. The molecule has 0 fully saturated rings. The maximum atomic E-state index is 11.7. The fourth-order valence-corrected chi connectivity index (χ4v) is 2.14. The zero-order chi connectivity index (χ0) is 15.7. The topological polar surface area (TPSA) is 49.4 Å². The number of amides is 2. The summed E-state index contributed by atoms with van der Waals surface area (Å²) >= 11 is 5.82. The van der Waals surface area contributed by atoms with Crippen molar-refractivity contribution in [1.29, 1.82) is 0 Å². The van der Waals surface area contributed by atoms with Gasteiger partial charge in [-0.15, -0.1) is 0 Å². The van der Waals surface area contributed by atoms with E-state index in [9.17, 15) is 9.59 Å². The summed E-state index contributed by atoms with van der Waals surface area (Å²) in [6.45, 7) is 5.33. The molecule has 0 atom stereocenters. The van der Waals surface area contributed by atoms with E-state index in [0.29, 0.717) is 31.1 Å². The second-order valence-electron chi connectivity index (χ2n) is 4.98. The highest BCUT2D eigenvalue weighted by molar-refractivity contribution is 6.30. The Labute approximate surface area is 131 Å². The Morgan fingerprint density at radius 3 is 2.43 bits per heavy atom. The van der Waals surface area contributed by atoms with Crippen LogP contribution in [0.1, 0.15) is 32.3 Å². The van der Waals surface area contributed by atoms with Gasteiger partial charge in [0.1, 0.15) is 0 Å². The van der Waals surface area contributed by atoms with Crippen LogP contribution in [0.4, 0.5) is 0 Å². The molecule has 0 bridgehead atoms. The molecule has 21 heavy (non-hydrogen) atoms. The van der Waals surface area contributed by atoms with Crippen LogP contribution >= 0.6 is 11.6 Å². The van der Waals surface area contributed by atoms with E-state index in [-0.39, 0.29) is 11.8 Å². The molecule has 0 saturated carbocycles. The molecular weight excluding hydrogens is 288 g/mol. The molecule has 1 N–H and O–H groups in total. The molecule has 0 spiro atoms. The Morgan fingerprint density at radius 1 is 1.19 bits per heavy atom. The minimum absolute atomic E-state index is 0.0193. The normalized spacial score (nSPS) is 10.2. The van der Waals surface area contributed by atoms with Crippen LogP contribution in [0, 0.1) is 0 Å². The maximum absolute atomic E-state index is 11.7. The van der Waals surface area contributed by atoms with Gasteiger partial charge in [0.15, 0.2) is 0 Å². The molecule has 0 unspecified atom stereocenters. The zero-order valence-electron chi connectivity index (χ0n) is 12.7. The van der Waals surface area contributed by atoms with Gasteiger partial charge in [0.25, 0.3) is 0 Å². The van der Waals surface area contributed by atoms with E-state index >= 15 is 0 Å². The van der Waals surface area contributed by atoms with E-state index in [1.165, 1.54) is 6.92 Å². The number of carbonyl (C=O) groups is 2. The molecule has 0 saturated heterocycles. The van der Waals surface area contributed by atoms with Crippen molar-refractivity contribution in [3.8, 4) is 0 Å². The molecule has 0 aromatic heterocycles. The van der Waals surface area contributed by atoms with Crippen LogP contribution in [0.15, 0.2) is 24.3 Å². The molecule has 116 valence electrons. The minimum Gasteiger partial charge on any atom is -0.356 e. The molecule has 1 aromatic carbocycles. The third-order valence-electron chi connectivity index (χ3n) is 3.20. The van der Waals surface area contributed by atoms with Crippen molar-refractivity contribution in [3.63, 3.8) is 0 Å². The first kappa shape index (κ1) is 17.5. The number of benzene rings is 1. The summed E-state index contributed by atoms with van der Waals surface area (Å²) in [5.41, 5.74) is 1.14. The summed E-state index contributed by atoms with van der Waals surface area (Å²) in [4.78, 5) is 24.8. The summed E-state index contributed by atoms with van der Waals surface area (Å²) in [6.07, 6.45) is 2.02. The highest BCUT2D eigenvalue weighted by atomic mass is 35.5. The summed E-state index contributed by atoms with van der Waals surface area (Å²) in [6, 6.07) is 7.59. The highest BCUT2D eigenvalue weighted by Crippen LogP contribution is 2.09. The van der Waals surface area contributed by atoms with Crippen LogP contribution in [0.2, 0.25) is 5.02 Å². The maximum Gasteiger partial charge on any atom is 0.221 e. The smallest absolute Gasteiger partial charge is 0.221 e. The molecule has 0 heterocycles. The van der Waals surface area contributed by atoms with Gasteiger partial charge in [-0.05, 0) is 30.5 Å². The van der Waals surface area contributed by atoms with Crippen LogP contribution in [0.5, 0.6) is 0 Å². The van der Waals surface area contributed by atoms with Gasteiger partial charge in [0, 0.05) is 38.0 Å². The fourth-order valence-electron chi connectivity index (χ4n) is 2.02. The standard InChI is InChI=1S/C16H23ClN2O2/c1-3-11-19(13(2)20)12-9-16(21)18-10-8-14-4-6-15(17)7-5-14/h4-7H,3,8-12H2,1-2H3,(H,18,21). The third-order valence-corrected chi connectivity index (χ3v) is 3.45. The van der Waals surface area contributed by atoms with Crippen molar-refractivity contribution >= 4 is 23.4 Å². The Hall–Kier alpha value is -1.55. The number of rotatable bonds is 8. The molecule has 5 heteroatoms. The predicted molar refractivity (Wildman–Crippen MR) is 85.3 cm³/mol. The van der Waals surface area contributed by atoms with Crippen LogP contribution in [0.25, 0.3) is 0 Å². The molecule has 4 nitrogen and oxygen atoms in total. The van der Waals surface area contributed by atoms with Crippen LogP contribution < -0.4 is 5.32 Å². The second-order valence-corrected chi connectivity index (χ2v) is 5.42. The van der Waals surface area contributed by atoms with E-state index in [1.54, 1.807) is 4.90 Å². The van der Waals surface area contributed by atoms with Crippen molar-refractivity contribution < 1.29 is 9.59 Å². The Bertz CT molecular complexity index is 460. The molecule has 1 aromatic rings. The van der Waals surface area contributed by atoms with Gasteiger partial charge in [-0.25, -0.2) is 0 Å². The monoisotopic (exact) mass is 310 g/mol. The molecule has 0 aliphatic carbocycles. The first-order valence-electron chi connectivity index (χ1n) is 7.29. The lowest BCUT2D eigenvalue weighted by Gasteiger charge is -2.19. The summed E-state index contributed by atoms with van der Waals surface area (Å²) < 4.78 is 0. The first-order chi connectivity index (χ1) is 10.0. The van der Waals surface area contributed by atoms with Crippen molar-refractivity contribution in [2.45, 2.75) is 33.1 Å². The molecule has 2 amide bonds. The largest absolute Gasteiger partial charge is 0.356 e. The van der Waals surface area contributed by atoms with E-state index in [2.05, 4.69) is 5.32 Å². The van der Waals surface area contributed by atoms with E-state index in [4.69, 9.17) is 11.6 Å². The second kappa shape index (κ2) is 9.40. The van der Waals surface area contributed by atoms with Crippen molar-refractivity contribution in [3.05, 3.63) is 34.9 Å². The van der Waals surface area contributed by atoms with Crippen LogP contribution in [-0.4, -0.2) is 36.3 Å². The lowest BCUT2D eigenvalue weighted by atomic mass is 10.1. The highest BCUT2D eigenvalue weighted by Gasteiger charge is 2.09. The van der Waals surface area contributed by atoms with E-state index in [0.717, 1.165) is 18.4 Å². The molecule has 0 radical (unpaired) electrons. The lowest BCUT2D eigenvalue weighted by molar-refractivity contribution is -0.129. The van der Waals surface area contributed by atoms with Gasteiger partial charge in [0.05, 0.1) is 0 Å². The van der Waals surface area contributed by atoms with Gasteiger partial charge in [-0.2, -0.15) is 0 Å². The van der Waals surface area contributed by atoms with Gasteiger partial charge in [-0.1, -0.05) is 30.7 Å². The van der Waals surface area contributed by atoms with Crippen LogP contribution in [0.3, 0.4) is 0 Å². The lowest BCUT2D eigenvalue weighted by Crippen LogP contribution is -2.34. The molecular formula is C16H23ClN2O2. The number of nitrogens with one attached hydrogen (secondary N) is 1. The fraction of sp³-hybridized carbons (Fsp3) is 0.500. The van der Waals surface area contributed by atoms with E-state index in [1.807, 2.05) is 31.2 Å². The Kier molecular flexibility index (Phi) is 7.83. The number of hydrogen-bond acceptors (Lipinski definition) is 2. The molecule has 0 aliphatic rings. The van der Waals surface area contributed by atoms with Gasteiger partial charge >= 0.3 is 0 Å². The molecule has 1 rings (SSSR count). The van der Waals surface area contributed by atoms with Crippen molar-refractivity contribution in [2.24, 2.45) is 0 Å². The number of nitrogens with zero attached hydrogens (tertiary/aromatic N) is 1. The van der Waals surface area contributed by atoms with Gasteiger partial charge < -0.3 is 10.2 Å². The van der Waals surface area contributed by atoms with Crippen molar-refractivity contribution in [2.75, 3.05) is 19.6 Å². The van der Waals surface area contributed by atoms with E-state index < -0.39 is 0 Å². The average molecular weight is 311 g/mol. The number of hydrogen-bond donors (Lipinski definition) is 1. The number of carbonyl (C=O) groups excluding carboxylic acids is 2. The predicted octanol–water partition coefficient (Wildman–Crippen LogP) is 2.65.